The maximum Gasteiger partial charge on any atom is 0.232 e. The molecule has 5 N–H and O–H groups in total. The molecule has 1 aliphatic rings. The zero-order valence-corrected chi connectivity index (χ0v) is 19.0. The zero-order valence-electron chi connectivity index (χ0n) is 18.2. The van der Waals surface area contributed by atoms with Gasteiger partial charge in [0.2, 0.25) is 11.8 Å². The van der Waals surface area contributed by atoms with Gasteiger partial charge in [0.1, 0.15) is 27.6 Å². The molecule has 0 bridgehead atoms. The van der Waals surface area contributed by atoms with Gasteiger partial charge in [-0.25, -0.2) is 18.4 Å². The zero-order chi connectivity index (χ0) is 23.6. The van der Waals surface area contributed by atoms with Crippen molar-refractivity contribution in [1.82, 2.24) is 20.3 Å². The first-order valence-corrected chi connectivity index (χ1v) is 12.7. The highest BCUT2D eigenvalue weighted by molar-refractivity contribution is 7.90. The summed E-state index contributed by atoms with van der Waals surface area (Å²) in [6, 6.07) is 5.05. The molecule has 10 nitrogen and oxygen atoms in total. The first kappa shape index (κ1) is 22.7. The van der Waals surface area contributed by atoms with E-state index in [4.69, 9.17) is 15.9 Å². The van der Waals surface area contributed by atoms with Crippen molar-refractivity contribution in [3.63, 3.8) is 0 Å². The van der Waals surface area contributed by atoms with Crippen molar-refractivity contribution < 1.29 is 17.9 Å². The number of ether oxygens (including phenoxy) is 1. The number of amides is 1. The topological polar surface area (TPSA) is 164 Å². The number of nitrogens with one attached hydrogen (secondary N) is 3. The van der Waals surface area contributed by atoms with Gasteiger partial charge < -0.3 is 26.2 Å². The Morgan fingerprint density at radius 1 is 1.39 bits per heavy atom. The third-order valence-corrected chi connectivity index (χ3v) is 6.76. The number of fused-ring (bicyclic) bond motifs is 3. The lowest BCUT2D eigenvalue weighted by atomic mass is 9.86. The largest absolute Gasteiger partial charge is 0.438 e. The predicted molar refractivity (Wildman–Crippen MR) is 126 cm³/mol. The molecule has 2 aromatic heterocycles. The van der Waals surface area contributed by atoms with Gasteiger partial charge in [0.15, 0.2) is 0 Å². The highest BCUT2D eigenvalue weighted by atomic mass is 32.2. The number of aromatic nitrogens is 3. The fraction of sp³-hybridized carbons (Fsp3) is 0.364. The Bertz CT molecular complexity index is 1320. The number of nitrogens with zero attached hydrogens (tertiary/aromatic N) is 2. The van der Waals surface area contributed by atoms with Crippen molar-refractivity contribution in [2.45, 2.75) is 25.7 Å². The van der Waals surface area contributed by atoms with Crippen LogP contribution in [-0.2, 0) is 27.5 Å². The predicted octanol–water partition coefficient (Wildman–Crippen LogP) is 1.99. The number of hydrogen-bond acceptors (Lipinski definition) is 8. The van der Waals surface area contributed by atoms with Gasteiger partial charge >= 0.3 is 0 Å². The lowest BCUT2D eigenvalue weighted by Crippen LogP contribution is -2.35. The molecule has 174 valence electrons. The fourth-order valence-electron chi connectivity index (χ4n) is 4.06. The molecular formula is C22H26N6O4S. The van der Waals surface area contributed by atoms with Gasteiger partial charge in [-0.1, -0.05) is 0 Å². The van der Waals surface area contributed by atoms with Crippen LogP contribution in [0.25, 0.3) is 11.0 Å². The molecule has 0 saturated carbocycles. The van der Waals surface area contributed by atoms with Crippen molar-refractivity contribution in [2.75, 3.05) is 24.3 Å². The molecule has 2 heterocycles. The number of aromatic amines is 1. The van der Waals surface area contributed by atoms with Crippen LogP contribution in [0.2, 0.25) is 0 Å². The van der Waals surface area contributed by atoms with Crippen LogP contribution in [-0.4, -0.2) is 54.0 Å². The van der Waals surface area contributed by atoms with E-state index in [9.17, 15) is 13.2 Å². The van der Waals surface area contributed by atoms with E-state index in [0.29, 0.717) is 60.8 Å². The van der Waals surface area contributed by atoms with Crippen LogP contribution in [0.1, 0.15) is 29.7 Å². The molecular weight excluding hydrogens is 444 g/mol. The van der Waals surface area contributed by atoms with E-state index in [1.807, 2.05) is 0 Å². The SMILES string of the molecule is CS(=O)(=O)CCCNC(=O)C1CCc2[nH]c3ncnc(Oc4ccc(N)c(C=N)c4)c3c2C1. The number of anilines is 1. The van der Waals surface area contributed by atoms with Gasteiger partial charge in [0, 0.05) is 41.9 Å². The second kappa shape index (κ2) is 9.18. The molecule has 0 fully saturated rings. The molecule has 1 atom stereocenters. The third-order valence-electron chi connectivity index (χ3n) is 5.73. The number of rotatable bonds is 8. The smallest absolute Gasteiger partial charge is 0.232 e. The average Bonchev–Trinajstić information content (AvgIpc) is 3.16. The number of aryl methyl sites for hydroxylation is 1. The van der Waals surface area contributed by atoms with Gasteiger partial charge in [0.25, 0.3) is 0 Å². The Morgan fingerprint density at radius 3 is 2.97 bits per heavy atom. The summed E-state index contributed by atoms with van der Waals surface area (Å²) in [6.07, 6.45) is 6.03. The van der Waals surface area contributed by atoms with Crippen molar-refractivity contribution in [1.29, 1.82) is 5.41 Å². The maximum atomic E-state index is 12.7. The van der Waals surface area contributed by atoms with Gasteiger partial charge in [-0.3, -0.25) is 4.79 Å². The van der Waals surface area contributed by atoms with E-state index in [1.54, 1.807) is 18.2 Å². The lowest BCUT2D eigenvalue weighted by molar-refractivity contribution is -0.125. The molecule has 33 heavy (non-hydrogen) atoms. The van der Waals surface area contributed by atoms with Crippen molar-refractivity contribution in [3.8, 4) is 11.6 Å². The quantitative estimate of drug-likeness (QED) is 0.222. The lowest BCUT2D eigenvalue weighted by Gasteiger charge is -2.22. The maximum absolute atomic E-state index is 12.7. The number of carbonyl (C=O) groups is 1. The molecule has 0 spiro atoms. The summed E-state index contributed by atoms with van der Waals surface area (Å²) in [7, 11) is -3.04. The molecule has 1 aromatic carbocycles. The minimum absolute atomic E-state index is 0.0490. The van der Waals surface area contributed by atoms with Crippen LogP contribution >= 0.6 is 0 Å². The highest BCUT2D eigenvalue weighted by Gasteiger charge is 2.29. The van der Waals surface area contributed by atoms with Gasteiger partial charge in [0.05, 0.1) is 11.1 Å². The standard InChI is InChI=1S/C22H26N6O4S/c1-33(30,31)8-2-7-25-21(29)13-3-6-18-16(10-13)19-20(28-18)26-12-27-22(19)32-15-4-5-17(24)14(9-15)11-23/h4-5,9,11-13,23H,2-3,6-8,10,24H2,1H3,(H,25,29)(H,26,27,28). The summed E-state index contributed by atoms with van der Waals surface area (Å²) in [5.74, 6) is 0.592. The first-order valence-electron chi connectivity index (χ1n) is 10.6. The van der Waals surface area contributed by atoms with E-state index in [1.165, 1.54) is 12.6 Å². The minimum atomic E-state index is -3.04. The number of nitrogens with two attached hydrogens (primary N) is 1. The third kappa shape index (κ3) is 5.14. The monoisotopic (exact) mass is 470 g/mol. The Kier molecular flexibility index (Phi) is 6.32. The van der Waals surface area contributed by atoms with Crippen LogP contribution in [0.3, 0.4) is 0 Å². The van der Waals surface area contributed by atoms with Crippen LogP contribution in [0, 0.1) is 11.3 Å². The molecule has 11 heteroatoms. The molecule has 1 amide bonds. The molecule has 0 saturated heterocycles. The number of sulfone groups is 1. The normalized spacial score (nSPS) is 15.7. The summed E-state index contributed by atoms with van der Waals surface area (Å²) in [6.45, 7) is 0.326. The van der Waals surface area contributed by atoms with E-state index in [-0.39, 0.29) is 17.6 Å². The molecule has 3 aromatic rings. The van der Waals surface area contributed by atoms with E-state index >= 15 is 0 Å². The van der Waals surface area contributed by atoms with Crippen LogP contribution in [0.15, 0.2) is 24.5 Å². The molecule has 1 unspecified atom stereocenters. The molecule has 0 radical (unpaired) electrons. The summed E-state index contributed by atoms with van der Waals surface area (Å²) in [5.41, 5.74) is 9.48. The first-order chi connectivity index (χ1) is 15.7. The Balaban J connectivity index is 1.54. The number of benzene rings is 1. The minimum Gasteiger partial charge on any atom is -0.438 e. The summed E-state index contributed by atoms with van der Waals surface area (Å²) in [5, 5.41) is 11.1. The van der Waals surface area contributed by atoms with Crippen LogP contribution < -0.4 is 15.8 Å². The van der Waals surface area contributed by atoms with E-state index < -0.39 is 9.84 Å². The Hall–Kier alpha value is -3.47. The Labute approximate surface area is 191 Å². The van der Waals surface area contributed by atoms with Crippen molar-refractivity contribution in [3.05, 3.63) is 41.3 Å². The van der Waals surface area contributed by atoms with E-state index in [2.05, 4.69) is 20.3 Å². The van der Waals surface area contributed by atoms with Crippen LogP contribution in [0.5, 0.6) is 11.6 Å². The summed E-state index contributed by atoms with van der Waals surface area (Å²) >= 11 is 0. The average molecular weight is 471 g/mol. The fourth-order valence-corrected chi connectivity index (χ4v) is 4.72. The second-order valence-corrected chi connectivity index (χ2v) is 10.5. The van der Waals surface area contributed by atoms with E-state index in [0.717, 1.165) is 22.9 Å². The second-order valence-electron chi connectivity index (χ2n) is 8.24. The molecule has 4 rings (SSSR count). The number of hydrogen-bond donors (Lipinski definition) is 4. The Morgan fingerprint density at radius 2 is 2.21 bits per heavy atom. The van der Waals surface area contributed by atoms with Gasteiger partial charge in [-0.2, -0.15) is 0 Å². The van der Waals surface area contributed by atoms with Crippen molar-refractivity contribution >= 4 is 38.7 Å². The number of carbonyl (C=O) groups excluding carboxylic acids is 1. The van der Waals surface area contributed by atoms with Gasteiger partial charge in [-0.15, -0.1) is 0 Å². The number of nitrogen functional groups attached to an aromatic ring is 1. The highest BCUT2D eigenvalue weighted by Crippen LogP contribution is 2.37. The van der Waals surface area contributed by atoms with Crippen LogP contribution in [0.4, 0.5) is 5.69 Å². The van der Waals surface area contributed by atoms with Crippen molar-refractivity contribution in [2.24, 2.45) is 5.92 Å². The molecule has 1 aliphatic carbocycles. The summed E-state index contributed by atoms with van der Waals surface area (Å²) in [4.78, 5) is 24.7. The summed E-state index contributed by atoms with van der Waals surface area (Å²) < 4.78 is 28.6. The van der Waals surface area contributed by atoms with Gasteiger partial charge in [-0.05, 0) is 49.4 Å². The number of H-pyrrole nitrogens is 1. The molecule has 0 aliphatic heterocycles.